The summed E-state index contributed by atoms with van der Waals surface area (Å²) in [7, 11) is 1.69. The van der Waals surface area contributed by atoms with Crippen LogP contribution < -0.4 is 0 Å². The van der Waals surface area contributed by atoms with Gasteiger partial charge in [-0.1, -0.05) is 0 Å². The van der Waals surface area contributed by atoms with E-state index in [0.29, 0.717) is 10.1 Å². The van der Waals surface area contributed by atoms with Crippen LogP contribution >= 0.6 is 11.8 Å². The first-order valence-electron chi connectivity index (χ1n) is 4.30. The number of aryl methyl sites for hydroxylation is 1. The maximum absolute atomic E-state index is 13.1. The van der Waals surface area contributed by atoms with Crippen molar-refractivity contribution in [1.29, 1.82) is 5.26 Å². The molecule has 2 aromatic rings. The van der Waals surface area contributed by atoms with Gasteiger partial charge in [0, 0.05) is 11.9 Å². The Bertz CT molecular complexity index is 559. The number of aromatic nitrogens is 4. The standard InChI is InChI=1S/C9H6FN5S/c1-15-9(12-13-14-15)16-8-3-6(5-11)2-7(10)4-8/h2-4H,1H3. The Morgan fingerprint density at radius 2 is 2.25 bits per heavy atom. The molecule has 0 radical (unpaired) electrons. The molecule has 0 amide bonds. The molecule has 0 saturated carbocycles. The number of nitrogens with zero attached hydrogens (tertiary/aromatic N) is 5. The van der Waals surface area contributed by atoms with Gasteiger partial charge < -0.3 is 0 Å². The van der Waals surface area contributed by atoms with Crippen molar-refractivity contribution in [2.24, 2.45) is 7.05 Å². The fourth-order valence-electron chi connectivity index (χ4n) is 1.10. The summed E-state index contributed by atoms with van der Waals surface area (Å²) in [5, 5.41) is 20.1. The lowest BCUT2D eigenvalue weighted by Crippen LogP contribution is -1.93. The molecule has 0 saturated heterocycles. The molecule has 0 atom stereocenters. The highest BCUT2D eigenvalue weighted by Crippen LogP contribution is 2.26. The first-order chi connectivity index (χ1) is 7.69. The van der Waals surface area contributed by atoms with Crippen LogP contribution in [0.4, 0.5) is 4.39 Å². The average Bonchev–Trinajstić information content (AvgIpc) is 2.63. The highest BCUT2D eigenvalue weighted by Gasteiger charge is 2.07. The molecule has 1 aromatic heterocycles. The Morgan fingerprint density at radius 3 is 2.88 bits per heavy atom. The predicted octanol–water partition coefficient (Wildman–Crippen LogP) is 1.37. The van der Waals surface area contributed by atoms with Crippen LogP contribution in [-0.2, 0) is 7.05 Å². The third-order valence-electron chi connectivity index (χ3n) is 1.79. The molecular formula is C9H6FN5S. The van der Waals surface area contributed by atoms with Crippen LogP contribution in [0.1, 0.15) is 5.56 Å². The lowest BCUT2D eigenvalue weighted by molar-refractivity contribution is 0.623. The van der Waals surface area contributed by atoms with Gasteiger partial charge in [-0.15, -0.1) is 5.10 Å². The molecule has 0 N–H and O–H groups in total. The summed E-state index contributed by atoms with van der Waals surface area (Å²) in [4.78, 5) is 0.592. The van der Waals surface area contributed by atoms with Crippen LogP contribution in [0.2, 0.25) is 0 Å². The van der Waals surface area contributed by atoms with E-state index in [4.69, 9.17) is 5.26 Å². The Morgan fingerprint density at radius 1 is 1.44 bits per heavy atom. The van der Waals surface area contributed by atoms with Gasteiger partial charge in [0.25, 0.3) is 0 Å². The molecule has 5 nitrogen and oxygen atoms in total. The molecule has 0 aliphatic heterocycles. The lowest BCUT2D eigenvalue weighted by Gasteiger charge is -2.00. The topological polar surface area (TPSA) is 67.4 Å². The molecule has 1 heterocycles. The van der Waals surface area contributed by atoms with Gasteiger partial charge in [0.2, 0.25) is 5.16 Å². The van der Waals surface area contributed by atoms with Gasteiger partial charge >= 0.3 is 0 Å². The van der Waals surface area contributed by atoms with Crippen molar-refractivity contribution in [3.63, 3.8) is 0 Å². The monoisotopic (exact) mass is 235 g/mol. The summed E-state index contributed by atoms with van der Waals surface area (Å²) in [6.07, 6.45) is 0. The minimum Gasteiger partial charge on any atom is -0.223 e. The summed E-state index contributed by atoms with van der Waals surface area (Å²) in [5.74, 6) is -0.448. The fourth-order valence-corrected chi connectivity index (χ4v) is 1.91. The van der Waals surface area contributed by atoms with Crippen LogP contribution in [0.5, 0.6) is 0 Å². The number of hydrogen-bond donors (Lipinski definition) is 0. The number of nitriles is 1. The maximum Gasteiger partial charge on any atom is 0.213 e. The molecule has 1 aromatic carbocycles. The van der Waals surface area contributed by atoms with E-state index in [1.807, 2.05) is 6.07 Å². The van der Waals surface area contributed by atoms with E-state index < -0.39 is 5.82 Å². The van der Waals surface area contributed by atoms with E-state index in [9.17, 15) is 4.39 Å². The molecule has 7 heteroatoms. The van der Waals surface area contributed by atoms with Crippen molar-refractivity contribution < 1.29 is 4.39 Å². The highest BCUT2D eigenvalue weighted by atomic mass is 32.2. The van der Waals surface area contributed by atoms with Crippen molar-refractivity contribution in [2.75, 3.05) is 0 Å². The van der Waals surface area contributed by atoms with E-state index >= 15 is 0 Å². The molecule has 0 aliphatic rings. The SMILES string of the molecule is Cn1nnnc1Sc1cc(F)cc(C#N)c1. The third kappa shape index (κ3) is 2.17. The first-order valence-corrected chi connectivity index (χ1v) is 5.11. The zero-order chi connectivity index (χ0) is 11.5. The second-order valence-corrected chi connectivity index (χ2v) is 4.02. The van der Waals surface area contributed by atoms with Gasteiger partial charge in [-0.3, -0.25) is 0 Å². The van der Waals surface area contributed by atoms with Gasteiger partial charge in [-0.05, 0) is 40.4 Å². The highest BCUT2D eigenvalue weighted by molar-refractivity contribution is 7.99. The summed E-state index contributed by atoms with van der Waals surface area (Å²) >= 11 is 1.20. The zero-order valence-corrected chi connectivity index (χ0v) is 9.07. The number of tetrazole rings is 1. The summed E-state index contributed by atoms with van der Waals surface area (Å²) in [5.41, 5.74) is 0.276. The summed E-state index contributed by atoms with van der Waals surface area (Å²) in [6, 6.07) is 5.99. The molecule has 0 spiro atoms. The molecule has 2 rings (SSSR count). The van der Waals surface area contributed by atoms with Gasteiger partial charge in [-0.25, -0.2) is 9.07 Å². The Balaban J connectivity index is 2.32. The number of halogens is 1. The van der Waals surface area contributed by atoms with Gasteiger partial charge in [0.15, 0.2) is 0 Å². The number of hydrogen-bond acceptors (Lipinski definition) is 5. The van der Waals surface area contributed by atoms with Gasteiger partial charge in [0.05, 0.1) is 11.6 Å². The van der Waals surface area contributed by atoms with Crippen LogP contribution in [0.15, 0.2) is 28.3 Å². The average molecular weight is 235 g/mol. The third-order valence-corrected chi connectivity index (χ3v) is 2.79. The summed E-state index contributed by atoms with van der Waals surface area (Å²) < 4.78 is 14.6. The minimum atomic E-state index is -0.448. The smallest absolute Gasteiger partial charge is 0.213 e. The zero-order valence-electron chi connectivity index (χ0n) is 8.25. The van der Waals surface area contributed by atoms with Crippen molar-refractivity contribution in [1.82, 2.24) is 20.2 Å². The largest absolute Gasteiger partial charge is 0.223 e. The van der Waals surface area contributed by atoms with Gasteiger partial charge in [-0.2, -0.15) is 5.26 Å². The number of rotatable bonds is 2. The first kappa shape index (κ1) is 10.6. The van der Waals surface area contributed by atoms with E-state index in [-0.39, 0.29) is 5.56 Å². The predicted molar refractivity (Wildman–Crippen MR) is 54.0 cm³/mol. The molecule has 80 valence electrons. The Labute approximate surface area is 94.9 Å². The number of benzene rings is 1. The molecule has 0 fully saturated rings. The van der Waals surface area contributed by atoms with Crippen molar-refractivity contribution in [3.8, 4) is 6.07 Å². The molecule has 0 bridgehead atoms. The molecular weight excluding hydrogens is 229 g/mol. The van der Waals surface area contributed by atoms with Crippen LogP contribution in [0.3, 0.4) is 0 Å². The second-order valence-electron chi connectivity index (χ2n) is 2.97. The maximum atomic E-state index is 13.1. The molecule has 0 aliphatic carbocycles. The van der Waals surface area contributed by atoms with Crippen LogP contribution in [-0.4, -0.2) is 20.2 Å². The van der Waals surface area contributed by atoms with Crippen LogP contribution in [0.25, 0.3) is 0 Å². The van der Waals surface area contributed by atoms with E-state index in [1.165, 1.54) is 28.6 Å². The van der Waals surface area contributed by atoms with Crippen molar-refractivity contribution >= 4 is 11.8 Å². The quantitative estimate of drug-likeness (QED) is 0.786. The minimum absolute atomic E-state index is 0.276. The molecule has 0 unspecified atom stereocenters. The lowest BCUT2D eigenvalue weighted by atomic mass is 10.2. The Kier molecular flexibility index (Phi) is 2.83. The van der Waals surface area contributed by atoms with Crippen molar-refractivity contribution in [2.45, 2.75) is 10.1 Å². The normalized spacial score (nSPS) is 10.1. The van der Waals surface area contributed by atoms with E-state index in [2.05, 4.69) is 15.5 Å². The van der Waals surface area contributed by atoms with E-state index in [1.54, 1.807) is 13.1 Å². The summed E-state index contributed by atoms with van der Waals surface area (Å²) in [6.45, 7) is 0. The fraction of sp³-hybridized carbons (Fsp3) is 0.111. The Hall–Kier alpha value is -1.94. The van der Waals surface area contributed by atoms with Crippen molar-refractivity contribution in [3.05, 3.63) is 29.6 Å². The molecule has 16 heavy (non-hydrogen) atoms. The van der Waals surface area contributed by atoms with Gasteiger partial charge in [0.1, 0.15) is 5.82 Å². The van der Waals surface area contributed by atoms with Crippen LogP contribution in [0, 0.1) is 17.1 Å². The van der Waals surface area contributed by atoms with E-state index in [0.717, 1.165) is 0 Å². The second kappa shape index (κ2) is 4.28.